The van der Waals surface area contributed by atoms with Gasteiger partial charge in [0.1, 0.15) is 0 Å². The summed E-state index contributed by atoms with van der Waals surface area (Å²) in [6.45, 7) is 8.42. The third-order valence-electron chi connectivity index (χ3n) is 5.08. The van der Waals surface area contributed by atoms with Crippen LogP contribution in [0.15, 0.2) is 153 Å². The monoisotopic (exact) mass is 600 g/mol. The van der Waals surface area contributed by atoms with Gasteiger partial charge in [0, 0.05) is 8.95 Å². The predicted molar refractivity (Wildman–Crippen MR) is 169 cm³/mol. The first kappa shape index (κ1) is 29.3. The van der Waals surface area contributed by atoms with E-state index in [1.807, 2.05) is 0 Å². The molecular formula is C34H34Br2. The topological polar surface area (TPSA) is 0 Å². The van der Waals surface area contributed by atoms with Crippen LogP contribution in [0.3, 0.4) is 0 Å². The van der Waals surface area contributed by atoms with Crippen molar-refractivity contribution in [3.63, 3.8) is 0 Å². The Balaban J connectivity index is 1.82. The van der Waals surface area contributed by atoms with Crippen molar-refractivity contribution in [2.24, 2.45) is 0 Å². The Labute approximate surface area is 234 Å². The molecule has 0 heterocycles. The smallest absolute Gasteiger partial charge is 0.0175 e. The van der Waals surface area contributed by atoms with Gasteiger partial charge in [-0.05, 0) is 63.1 Å². The van der Waals surface area contributed by atoms with Crippen molar-refractivity contribution in [2.45, 2.75) is 27.7 Å². The molecule has 0 amide bonds. The van der Waals surface area contributed by atoms with E-state index in [-0.39, 0.29) is 0 Å². The van der Waals surface area contributed by atoms with Crippen molar-refractivity contribution in [1.82, 2.24) is 0 Å². The molecule has 0 aliphatic heterocycles. The molecule has 2 aromatic rings. The Bertz CT molecular complexity index is 1140. The van der Waals surface area contributed by atoms with E-state index in [1.165, 1.54) is 33.4 Å². The Hall–Kier alpha value is -2.94. The maximum absolute atomic E-state index is 3.46. The van der Waals surface area contributed by atoms with E-state index in [0.717, 1.165) is 8.95 Å². The summed E-state index contributed by atoms with van der Waals surface area (Å²) in [5.41, 5.74) is 7.18. The summed E-state index contributed by atoms with van der Waals surface area (Å²) in [6.07, 6.45) is 29.5. The van der Waals surface area contributed by atoms with Gasteiger partial charge in [-0.25, -0.2) is 0 Å². The average molecular weight is 602 g/mol. The van der Waals surface area contributed by atoms with Crippen LogP contribution in [-0.4, -0.2) is 0 Å². The lowest BCUT2D eigenvalue weighted by Gasteiger charge is -1.94. The molecule has 0 aliphatic rings. The maximum Gasteiger partial charge on any atom is 0.0175 e. The zero-order valence-corrected chi connectivity index (χ0v) is 24.6. The summed E-state index contributed by atoms with van der Waals surface area (Å²) in [5, 5.41) is 0. The first-order chi connectivity index (χ1) is 17.3. The summed E-state index contributed by atoms with van der Waals surface area (Å²) in [6, 6.07) is 16.6. The lowest BCUT2D eigenvalue weighted by atomic mass is 10.1. The van der Waals surface area contributed by atoms with Crippen LogP contribution >= 0.6 is 31.9 Å². The molecule has 0 radical (unpaired) electrons. The van der Waals surface area contributed by atoms with Gasteiger partial charge in [0.05, 0.1) is 0 Å². The minimum absolute atomic E-state index is 1.09. The summed E-state index contributed by atoms with van der Waals surface area (Å²) < 4.78 is 2.19. The van der Waals surface area contributed by atoms with Gasteiger partial charge in [-0.2, -0.15) is 0 Å². The van der Waals surface area contributed by atoms with E-state index in [1.54, 1.807) is 0 Å². The lowest BCUT2D eigenvalue weighted by Crippen LogP contribution is -1.72. The first-order valence-electron chi connectivity index (χ1n) is 11.9. The predicted octanol–water partition coefficient (Wildman–Crippen LogP) is 11.4. The van der Waals surface area contributed by atoms with E-state index < -0.39 is 0 Å². The lowest BCUT2D eigenvalue weighted by molar-refractivity contribution is 1.49. The number of benzene rings is 2. The molecule has 2 heteroatoms. The molecule has 0 nitrogen and oxygen atoms in total. The van der Waals surface area contributed by atoms with Gasteiger partial charge >= 0.3 is 0 Å². The Kier molecular flexibility index (Phi) is 13.6. The van der Waals surface area contributed by atoms with Gasteiger partial charge in [0.25, 0.3) is 0 Å². The van der Waals surface area contributed by atoms with E-state index >= 15 is 0 Å². The van der Waals surface area contributed by atoms with Gasteiger partial charge in [-0.1, -0.05) is 163 Å². The number of allylic oxidation sites excluding steroid dienone is 16. The quantitative estimate of drug-likeness (QED) is 0.237. The van der Waals surface area contributed by atoms with Gasteiger partial charge in [0.15, 0.2) is 0 Å². The van der Waals surface area contributed by atoms with E-state index in [4.69, 9.17) is 0 Å². The van der Waals surface area contributed by atoms with Gasteiger partial charge in [0.2, 0.25) is 0 Å². The number of hydrogen-bond acceptors (Lipinski definition) is 0. The standard InChI is InChI=1S/C34H34Br2/c1-27(11-7-13-29(3)15-17-31-19-23-33(35)24-20-31)9-5-6-10-28(2)12-8-14-30(4)16-18-32-21-25-34(36)26-22-32/h5-26H,1-4H3. The molecule has 2 aromatic carbocycles. The van der Waals surface area contributed by atoms with E-state index in [9.17, 15) is 0 Å². The molecule has 184 valence electrons. The second-order valence-corrected chi connectivity index (χ2v) is 10.3. The van der Waals surface area contributed by atoms with Gasteiger partial charge < -0.3 is 0 Å². The van der Waals surface area contributed by atoms with Crippen molar-refractivity contribution < 1.29 is 0 Å². The third kappa shape index (κ3) is 13.2. The van der Waals surface area contributed by atoms with Crippen molar-refractivity contribution in [3.8, 4) is 0 Å². The van der Waals surface area contributed by atoms with Crippen LogP contribution in [0.5, 0.6) is 0 Å². The molecule has 2 rings (SSSR count). The maximum atomic E-state index is 3.46. The summed E-state index contributed by atoms with van der Waals surface area (Å²) in [4.78, 5) is 0. The fourth-order valence-corrected chi connectivity index (χ4v) is 3.47. The highest BCUT2D eigenvalue weighted by atomic mass is 79.9. The molecule has 0 spiro atoms. The summed E-state index contributed by atoms with van der Waals surface area (Å²) >= 11 is 6.93. The van der Waals surface area contributed by atoms with Crippen LogP contribution in [-0.2, 0) is 0 Å². The molecule has 36 heavy (non-hydrogen) atoms. The van der Waals surface area contributed by atoms with Crippen molar-refractivity contribution in [3.05, 3.63) is 164 Å². The molecule has 0 saturated heterocycles. The third-order valence-corrected chi connectivity index (χ3v) is 6.14. The van der Waals surface area contributed by atoms with Crippen LogP contribution in [0, 0.1) is 0 Å². The fraction of sp³-hybridized carbons (Fsp3) is 0.118. The second-order valence-electron chi connectivity index (χ2n) is 8.52. The Morgan fingerprint density at radius 1 is 0.444 bits per heavy atom. The zero-order chi connectivity index (χ0) is 26.2. The van der Waals surface area contributed by atoms with E-state index in [2.05, 4.69) is 193 Å². The molecule has 0 bridgehead atoms. The summed E-state index contributed by atoms with van der Waals surface area (Å²) in [7, 11) is 0. The number of hydrogen-bond donors (Lipinski definition) is 0. The molecule has 0 unspecified atom stereocenters. The average Bonchev–Trinajstić information content (AvgIpc) is 2.86. The van der Waals surface area contributed by atoms with Crippen LogP contribution in [0.2, 0.25) is 0 Å². The largest absolute Gasteiger partial charge is 0.0620 e. The highest BCUT2D eigenvalue weighted by Crippen LogP contribution is 2.13. The Morgan fingerprint density at radius 2 is 0.750 bits per heavy atom. The van der Waals surface area contributed by atoms with Crippen molar-refractivity contribution in [1.29, 1.82) is 0 Å². The molecule has 0 fully saturated rings. The zero-order valence-electron chi connectivity index (χ0n) is 21.5. The van der Waals surface area contributed by atoms with Crippen molar-refractivity contribution in [2.75, 3.05) is 0 Å². The van der Waals surface area contributed by atoms with Crippen molar-refractivity contribution >= 4 is 44.0 Å². The van der Waals surface area contributed by atoms with Crippen LogP contribution in [0.25, 0.3) is 12.2 Å². The molecular weight excluding hydrogens is 568 g/mol. The van der Waals surface area contributed by atoms with Gasteiger partial charge in [-0.15, -0.1) is 0 Å². The SMILES string of the molecule is CC(C=CC=C(C)C=Cc1ccc(Br)cc1)=CC=CC=C(C)C=CC=C(C)C=Cc1ccc(Br)cc1. The fourth-order valence-electron chi connectivity index (χ4n) is 2.94. The highest BCUT2D eigenvalue weighted by Gasteiger charge is 1.89. The number of rotatable bonds is 10. The minimum Gasteiger partial charge on any atom is -0.0620 e. The second kappa shape index (κ2) is 16.7. The first-order valence-corrected chi connectivity index (χ1v) is 13.5. The van der Waals surface area contributed by atoms with E-state index in [0.29, 0.717) is 0 Å². The molecule has 0 N–H and O–H groups in total. The van der Waals surface area contributed by atoms with Crippen LogP contribution < -0.4 is 0 Å². The van der Waals surface area contributed by atoms with Crippen LogP contribution in [0.4, 0.5) is 0 Å². The Morgan fingerprint density at radius 3 is 1.11 bits per heavy atom. The highest BCUT2D eigenvalue weighted by molar-refractivity contribution is 9.10. The summed E-state index contributed by atoms with van der Waals surface area (Å²) in [5.74, 6) is 0. The van der Waals surface area contributed by atoms with Gasteiger partial charge in [-0.3, -0.25) is 0 Å². The molecule has 0 aromatic heterocycles. The van der Waals surface area contributed by atoms with Crippen LogP contribution in [0.1, 0.15) is 38.8 Å². The number of halogens is 2. The molecule has 0 saturated carbocycles. The molecule has 0 atom stereocenters. The normalized spacial score (nSPS) is 14.5. The molecule has 0 aliphatic carbocycles. The minimum atomic E-state index is 1.09.